The maximum atomic E-state index is 10.0. The summed E-state index contributed by atoms with van der Waals surface area (Å²) in [6.45, 7) is 8.65. The van der Waals surface area contributed by atoms with Gasteiger partial charge in [0.1, 0.15) is 0 Å². The van der Waals surface area contributed by atoms with E-state index in [1.165, 1.54) is 32.2 Å². The Kier molecular flexibility index (Phi) is 5.62. The Balaban J connectivity index is 2.40. The lowest BCUT2D eigenvalue weighted by atomic mass is 10.0. The molecule has 1 aliphatic rings. The summed E-state index contributed by atoms with van der Waals surface area (Å²) < 4.78 is 0. The molecule has 1 saturated heterocycles. The second-order valence-electron chi connectivity index (χ2n) is 5.15. The standard InChI is InChI=1S/C13H27NO/c1-4-11(2)13(15)10-14-9-7-5-6-8-12(14)3/h11-13,15H,4-10H2,1-3H3. The lowest BCUT2D eigenvalue weighted by molar-refractivity contribution is 0.0549. The van der Waals surface area contributed by atoms with Crippen LogP contribution in [0.3, 0.4) is 0 Å². The van der Waals surface area contributed by atoms with Gasteiger partial charge in [0.15, 0.2) is 0 Å². The van der Waals surface area contributed by atoms with Gasteiger partial charge >= 0.3 is 0 Å². The number of aliphatic hydroxyl groups is 1. The fourth-order valence-corrected chi connectivity index (χ4v) is 2.30. The molecule has 0 aromatic rings. The van der Waals surface area contributed by atoms with Crippen molar-refractivity contribution in [3.63, 3.8) is 0 Å². The van der Waals surface area contributed by atoms with Crippen LogP contribution in [-0.4, -0.2) is 35.2 Å². The Morgan fingerprint density at radius 3 is 2.73 bits per heavy atom. The van der Waals surface area contributed by atoms with Crippen molar-refractivity contribution in [1.29, 1.82) is 0 Å². The molecule has 2 nitrogen and oxygen atoms in total. The van der Waals surface area contributed by atoms with Gasteiger partial charge in [-0.25, -0.2) is 0 Å². The van der Waals surface area contributed by atoms with Gasteiger partial charge in [0, 0.05) is 12.6 Å². The molecule has 90 valence electrons. The Morgan fingerprint density at radius 2 is 2.07 bits per heavy atom. The molecule has 0 aromatic heterocycles. The van der Waals surface area contributed by atoms with E-state index >= 15 is 0 Å². The van der Waals surface area contributed by atoms with Gasteiger partial charge in [-0.15, -0.1) is 0 Å². The second-order valence-corrected chi connectivity index (χ2v) is 5.15. The lowest BCUT2D eigenvalue weighted by Gasteiger charge is -2.30. The average molecular weight is 213 g/mol. The Hall–Kier alpha value is -0.0800. The smallest absolute Gasteiger partial charge is 0.0692 e. The topological polar surface area (TPSA) is 23.5 Å². The van der Waals surface area contributed by atoms with Crippen LogP contribution in [-0.2, 0) is 0 Å². The summed E-state index contributed by atoms with van der Waals surface area (Å²) in [5.41, 5.74) is 0. The molecule has 0 aromatic carbocycles. The number of β-amino-alcohol motifs (C(OH)–C–C–N with tert-alkyl or cyclic N) is 1. The third-order valence-electron chi connectivity index (χ3n) is 3.91. The first-order valence-electron chi connectivity index (χ1n) is 6.57. The number of aliphatic hydroxyl groups excluding tert-OH is 1. The fourth-order valence-electron chi connectivity index (χ4n) is 2.30. The molecule has 3 atom stereocenters. The molecule has 0 radical (unpaired) electrons. The molecule has 0 amide bonds. The Morgan fingerprint density at radius 1 is 1.33 bits per heavy atom. The number of likely N-dealkylation sites (tertiary alicyclic amines) is 1. The van der Waals surface area contributed by atoms with Gasteiger partial charge in [-0.05, 0) is 32.2 Å². The molecular weight excluding hydrogens is 186 g/mol. The molecule has 1 heterocycles. The predicted molar refractivity (Wildman–Crippen MR) is 65.0 cm³/mol. The summed E-state index contributed by atoms with van der Waals surface area (Å²) in [7, 11) is 0. The highest BCUT2D eigenvalue weighted by atomic mass is 16.3. The van der Waals surface area contributed by atoms with E-state index < -0.39 is 0 Å². The summed E-state index contributed by atoms with van der Waals surface area (Å²) in [5.74, 6) is 0.431. The molecule has 1 N–H and O–H groups in total. The van der Waals surface area contributed by atoms with E-state index in [9.17, 15) is 5.11 Å². The zero-order valence-electron chi connectivity index (χ0n) is 10.6. The molecule has 1 rings (SSSR count). The fraction of sp³-hybridized carbons (Fsp3) is 1.00. The number of hydrogen-bond acceptors (Lipinski definition) is 2. The lowest BCUT2D eigenvalue weighted by Crippen LogP contribution is -2.40. The summed E-state index contributed by atoms with van der Waals surface area (Å²) in [6, 6.07) is 0.659. The first-order chi connectivity index (χ1) is 7.15. The summed E-state index contributed by atoms with van der Waals surface area (Å²) in [5, 5.41) is 10.0. The molecule has 3 unspecified atom stereocenters. The summed E-state index contributed by atoms with van der Waals surface area (Å²) >= 11 is 0. The third kappa shape index (κ3) is 4.12. The van der Waals surface area contributed by atoms with Crippen LogP contribution < -0.4 is 0 Å². The summed E-state index contributed by atoms with van der Waals surface area (Å²) in [6.07, 6.45) is 6.25. The van der Waals surface area contributed by atoms with Crippen molar-refractivity contribution in [2.24, 2.45) is 5.92 Å². The maximum Gasteiger partial charge on any atom is 0.0692 e. The van der Waals surface area contributed by atoms with Gasteiger partial charge in [0.25, 0.3) is 0 Å². The van der Waals surface area contributed by atoms with E-state index in [0.29, 0.717) is 12.0 Å². The van der Waals surface area contributed by atoms with Crippen molar-refractivity contribution in [1.82, 2.24) is 4.90 Å². The SMILES string of the molecule is CCC(C)C(O)CN1CCCCCC1C. The van der Waals surface area contributed by atoms with Crippen LogP contribution in [0.5, 0.6) is 0 Å². The van der Waals surface area contributed by atoms with Crippen molar-refractivity contribution < 1.29 is 5.11 Å². The maximum absolute atomic E-state index is 10.0. The molecule has 0 aliphatic carbocycles. The molecule has 1 fully saturated rings. The van der Waals surface area contributed by atoms with Crippen LogP contribution in [0, 0.1) is 5.92 Å². The van der Waals surface area contributed by atoms with Gasteiger partial charge in [0.2, 0.25) is 0 Å². The molecule has 0 saturated carbocycles. The van der Waals surface area contributed by atoms with E-state index in [1.807, 2.05) is 0 Å². The van der Waals surface area contributed by atoms with Crippen molar-refractivity contribution in [3.8, 4) is 0 Å². The predicted octanol–water partition coefficient (Wildman–Crippen LogP) is 2.66. The highest BCUT2D eigenvalue weighted by Gasteiger charge is 2.21. The van der Waals surface area contributed by atoms with Crippen LogP contribution in [0.25, 0.3) is 0 Å². The Labute approximate surface area is 94.7 Å². The molecule has 1 aliphatic heterocycles. The first kappa shape index (κ1) is 13.0. The molecule has 2 heteroatoms. The molecule has 0 bridgehead atoms. The summed E-state index contributed by atoms with van der Waals surface area (Å²) in [4.78, 5) is 2.48. The minimum atomic E-state index is -0.143. The van der Waals surface area contributed by atoms with Gasteiger partial charge in [-0.1, -0.05) is 33.1 Å². The van der Waals surface area contributed by atoms with E-state index in [-0.39, 0.29) is 6.10 Å². The first-order valence-corrected chi connectivity index (χ1v) is 6.57. The zero-order chi connectivity index (χ0) is 11.3. The van der Waals surface area contributed by atoms with E-state index in [1.54, 1.807) is 0 Å². The number of nitrogens with zero attached hydrogens (tertiary/aromatic N) is 1. The van der Waals surface area contributed by atoms with Gasteiger partial charge < -0.3 is 5.11 Å². The second kappa shape index (κ2) is 6.49. The molecular formula is C13H27NO. The monoisotopic (exact) mass is 213 g/mol. The highest BCUT2D eigenvalue weighted by molar-refractivity contribution is 4.76. The highest BCUT2D eigenvalue weighted by Crippen LogP contribution is 2.18. The van der Waals surface area contributed by atoms with Crippen LogP contribution >= 0.6 is 0 Å². The van der Waals surface area contributed by atoms with E-state index in [0.717, 1.165) is 13.0 Å². The van der Waals surface area contributed by atoms with Gasteiger partial charge in [-0.2, -0.15) is 0 Å². The minimum Gasteiger partial charge on any atom is -0.392 e. The third-order valence-corrected chi connectivity index (χ3v) is 3.91. The number of hydrogen-bond donors (Lipinski definition) is 1. The van der Waals surface area contributed by atoms with Crippen LogP contribution in [0.4, 0.5) is 0 Å². The van der Waals surface area contributed by atoms with Crippen molar-refractivity contribution in [2.45, 2.75) is 65.0 Å². The van der Waals surface area contributed by atoms with Crippen LogP contribution in [0.1, 0.15) is 52.9 Å². The average Bonchev–Trinajstić information content (AvgIpc) is 2.43. The van der Waals surface area contributed by atoms with Crippen LogP contribution in [0.2, 0.25) is 0 Å². The van der Waals surface area contributed by atoms with E-state index in [2.05, 4.69) is 25.7 Å². The largest absolute Gasteiger partial charge is 0.392 e. The molecule has 15 heavy (non-hydrogen) atoms. The Bertz CT molecular complexity index is 172. The van der Waals surface area contributed by atoms with Crippen molar-refractivity contribution in [3.05, 3.63) is 0 Å². The zero-order valence-corrected chi connectivity index (χ0v) is 10.6. The van der Waals surface area contributed by atoms with Crippen LogP contribution in [0.15, 0.2) is 0 Å². The van der Waals surface area contributed by atoms with Gasteiger partial charge in [-0.3, -0.25) is 4.90 Å². The van der Waals surface area contributed by atoms with E-state index in [4.69, 9.17) is 0 Å². The van der Waals surface area contributed by atoms with Crippen molar-refractivity contribution in [2.75, 3.05) is 13.1 Å². The quantitative estimate of drug-likeness (QED) is 0.776. The van der Waals surface area contributed by atoms with Gasteiger partial charge in [0.05, 0.1) is 6.10 Å². The molecule has 0 spiro atoms. The minimum absolute atomic E-state index is 0.143. The normalized spacial score (nSPS) is 28.4. The number of rotatable bonds is 4. The van der Waals surface area contributed by atoms with Crippen molar-refractivity contribution >= 4 is 0 Å².